The van der Waals surface area contributed by atoms with Crippen LogP contribution in [0.2, 0.25) is 0 Å². The summed E-state index contributed by atoms with van der Waals surface area (Å²) in [4.78, 5) is 0. The van der Waals surface area contributed by atoms with E-state index in [1.807, 2.05) is 6.92 Å². The van der Waals surface area contributed by atoms with Crippen LogP contribution in [0.5, 0.6) is 0 Å². The van der Waals surface area contributed by atoms with E-state index in [9.17, 15) is 0 Å². The van der Waals surface area contributed by atoms with Crippen LogP contribution in [0.4, 0.5) is 0 Å². The van der Waals surface area contributed by atoms with Crippen molar-refractivity contribution >= 4 is 11.8 Å². The Morgan fingerprint density at radius 1 is 1.60 bits per heavy atom. The molecule has 0 rings (SSSR count). The Morgan fingerprint density at radius 3 is 2.50 bits per heavy atom. The van der Waals surface area contributed by atoms with Crippen molar-refractivity contribution in [3.63, 3.8) is 0 Å². The summed E-state index contributed by atoms with van der Waals surface area (Å²) in [6, 6.07) is 0.0987. The fourth-order valence-corrected chi connectivity index (χ4v) is 1.59. The topological polar surface area (TPSA) is 46.2 Å². The maximum Gasteiger partial charge on any atom is 0.0564 e. The van der Waals surface area contributed by atoms with E-state index in [1.54, 1.807) is 11.8 Å². The molecular weight excluding hydrogens is 146 g/mol. The molecule has 0 spiro atoms. The Hall–Kier alpha value is 0.270. The van der Waals surface area contributed by atoms with Gasteiger partial charge in [0.1, 0.15) is 0 Å². The smallest absolute Gasteiger partial charge is 0.0564 e. The SMILES string of the molecule is CCCSC(CO)C(C)N. The number of nitrogens with two attached hydrogens (primary N) is 1. The molecule has 0 fully saturated rings. The van der Waals surface area contributed by atoms with Crippen molar-refractivity contribution in [2.45, 2.75) is 31.6 Å². The molecule has 0 heterocycles. The molecule has 10 heavy (non-hydrogen) atoms. The normalized spacial score (nSPS) is 16.8. The van der Waals surface area contributed by atoms with Crippen molar-refractivity contribution in [1.29, 1.82) is 0 Å². The highest BCUT2D eigenvalue weighted by atomic mass is 32.2. The molecule has 2 unspecified atom stereocenters. The average Bonchev–Trinajstić information content (AvgIpc) is 1.89. The van der Waals surface area contributed by atoms with Gasteiger partial charge in [0.25, 0.3) is 0 Å². The van der Waals surface area contributed by atoms with Crippen molar-refractivity contribution in [3.8, 4) is 0 Å². The van der Waals surface area contributed by atoms with Crippen LogP contribution >= 0.6 is 11.8 Å². The van der Waals surface area contributed by atoms with Crippen LogP contribution in [-0.2, 0) is 0 Å². The molecule has 0 aromatic heterocycles. The molecule has 0 radical (unpaired) electrons. The first-order valence-corrected chi connectivity index (χ1v) is 4.75. The van der Waals surface area contributed by atoms with Crippen LogP contribution in [0, 0.1) is 0 Å². The predicted molar refractivity (Wildman–Crippen MR) is 47.3 cm³/mol. The molecule has 0 aliphatic rings. The number of thioether (sulfide) groups is 1. The van der Waals surface area contributed by atoms with Crippen LogP contribution in [0.15, 0.2) is 0 Å². The van der Waals surface area contributed by atoms with Gasteiger partial charge in [-0.25, -0.2) is 0 Å². The Morgan fingerprint density at radius 2 is 2.20 bits per heavy atom. The average molecular weight is 163 g/mol. The number of hydrogen-bond acceptors (Lipinski definition) is 3. The zero-order valence-corrected chi connectivity index (χ0v) is 7.53. The van der Waals surface area contributed by atoms with Crippen molar-refractivity contribution in [3.05, 3.63) is 0 Å². The molecule has 0 saturated carbocycles. The van der Waals surface area contributed by atoms with Gasteiger partial charge in [0.15, 0.2) is 0 Å². The van der Waals surface area contributed by atoms with E-state index in [2.05, 4.69) is 6.92 Å². The van der Waals surface area contributed by atoms with Gasteiger partial charge < -0.3 is 10.8 Å². The second-order valence-corrected chi connectivity index (χ2v) is 3.80. The maximum absolute atomic E-state index is 8.82. The number of rotatable bonds is 5. The summed E-state index contributed by atoms with van der Waals surface area (Å²) in [5.74, 6) is 1.09. The van der Waals surface area contributed by atoms with Crippen molar-refractivity contribution in [1.82, 2.24) is 0 Å². The summed E-state index contributed by atoms with van der Waals surface area (Å²) in [5, 5.41) is 9.04. The molecule has 0 aromatic rings. The third kappa shape index (κ3) is 4.14. The van der Waals surface area contributed by atoms with Crippen molar-refractivity contribution in [2.24, 2.45) is 5.73 Å². The van der Waals surface area contributed by atoms with Gasteiger partial charge in [-0.1, -0.05) is 6.92 Å². The lowest BCUT2D eigenvalue weighted by atomic mass is 10.3. The molecule has 0 bridgehead atoms. The van der Waals surface area contributed by atoms with Gasteiger partial charge in [-0.05, 0) is 19.1 Å². The van der Waals surface area contributed by atoms with Gasteiger partial charge in [-0.3, -0.25) is 0 Å². The molecule has 0 aliphatic carbocycles. The van der Waals surface area contributed by atoms with Crippen molar-refractivity contribution in [2.75, 3.05) is 12.4 Å². The summed E-state index contributed by atoms with van der Waals surface area (Å²) in [6.45, 7) is 4.26. The van der Waals surface area contributed by atoms with E-state index in [0.717, 1.165) is 12.2 Å². The second kappa shape index (κ2) is 6.01. The minimum Gasteiger partial charge on any atom is -0.395 e. The highest BCUT2D eigenvalue weighted by Crippen LogP contribution is 2.13. The Labute approximate surface area is 67.2 Å². The Kier molecular flexibility index (Phi) is 6.17. The Bertz CT molecular complexity index is 78.0. The van der Waals surface area contributed by atoms with Gasteiger partial charge in [-0.2, -0.15) is 11.8 Å². The minimum atomic E-state index is 0.0987. The van der Waals surface area contributed by atoms with Crippen LogP contribution in [0.3, 0.4) is 0 Å². The van der Waals surface area contributed by atoms with Gasteiger partial charge in [-0.15, -0.1) is 0 Å². The van der Waals surface area contributed by atoms with Gasteiger partial charge in [0, 0.05) is 11.3 Å². The zero-order valence-electron chi connectivity index (χ0n) is 6.71. The van der Waals surface area contributed by atoms with Crippen LogP contribution in [0.25, 0.3) is 0 Å². The molecule has 0 saturated heterocycles. The lowest BCUT2D eigenvalue weighted by Gasteiger charge is -2.16. The van der Waals surface area contributed by atoms with E-state index in [1.165, 1.54) is 0 Å². The highest BCUT2D eigenvalue weighted by molar-refractivity contribution is 7.99. The molecule has 0 aliphatic heterocycles. The summed E-state index contributed by atoms with van der Waals surface area (Å²) in [7, 11) is 0. The largest absolute Gasteiger partial charge is 0.395 e. The Balaban J connectivity index is 3.40. The van der Waals surface area contributed by atoms with Crippen LogP contribution < -0.4 is 5.73 Å². The first kappa shape index (κ1) is 10.3. The monoisotopic (exact) mass is 163 g/mol. The maximum atomic E-state index is 8.82. The van der Waals surface area contributed by atoms with E-state index >= 15 is 0 Å². The fraction of sp³-hybridized carbons (Fsp3) is 1.00. The number of aliphatic hydroxyl groups excluding tert-OH is 1. The van der Waals surface area contributed by atoms with E-state index in [0.29, 0.717) is 0 Å². The summed E-state index contributed by atoms with van der Waals surface area (Å²) < 4.78 is 0. The quantitative estimate of drug-likeness (QED) is 0.631. The van der Waals surface area contributed by atoms with E-state index in [4.69, 9.17) is 10.8 Å². The van der Waals surface area contributed by atoms with E-state index in [-0.39, 0.29) is 17.9 Å². The van der Waals surface area contributed by atoms with Crippen molar-refractivity contribution < 1.29 is 5.11 Å². The number of aliphatic hydroxyl groups is 1. The number of hydrogen-bond donors (Lipinski definition) is 2. The minimum absolute atomic E-state index is 0.0987. The van der Waals surface area contributed by atoms with Crippen LogP contribution in [0.1, 0.15) is 20.3 Å². The zero-order chi connectivity index (χ0) is 7.98. The summed E-state index contributed by atoms with van der Waals surface area (Å²) >= 11 is 1.75. The summed E-state index contributed by atoms with van der Waals surface area (Å²) in [5.41, 5.74) is 5.61. The van der Waals surface area contributed by atoms with Gasteiger partial charge in [0.05, 0.1) is 6.61 Å². The molecule has 3 heteroatoms. The van der Waals surface area contributed by atoms with Gasteiger partial charge >= 0.3 is 0 Å². The lowest BCUT2D eigenvalue weighted by molar-refractivity contribution is 0.285. The fourth-order valence-electron chi connectivity index (χ4n) is 0.640. The standard InChI is InChI=1S/C7H17NOS/c1-3-4-10-7(5-9)6(2)8/h6-7,9H,3-5,8H2,1-2H3. The first-order valence-electron chi connectivity index (χ1n) is 3.70. The molecule has 2 atom stereocenters. The molecule has 0 amide bonds. The molecule has 62 valence electrons. The van der Waals surface area contributed by atoms with E-state index < -0.39 is 0 Å². The highest BCUT2D eigenvalue weighted by Gasteiger charge is 2.11. The molecule has 2 nitrogen and oxygen atoms in total. The molecule has 3 N–H and O–H groups in total. The second-order valence-electron chi connectivity index (χ2n) is 2.45. The molecular formula is C7H17NOS. The lowest BCUT2D eigenvalue weighted by Crippen LogP contribution is -2.32. The van der Waals surface area contributed by atoms with Gasteiger partial charge in [0.2, 0.25) is 0 Å². The first-order chi connectivity index (χ1) is 4.72. The third-order valence-electron chi connectivity index (χ3n) is 1.30. The van der Waals surface area contributed by atoms with Crippen LogP contribution in [-0.4, -0.2) is 28.8 Å². The predicted octanol–water partition coefficient (Wildman–Crippen LogP) is 0.838. The molecule has 0 aromatic carbocycles. The third-order valence-corrected chi connectivity index (χ3v) is 2.95. The summed E-state index contributed by atoms with van der Waals surface area (Å²) in [6.07, 6.45) is 1.15.